The Hall–Kier alpha value is -0.940. The lowest BCUT2D eigenvalue weighted by atomic mass is 10.2. The molecule has 0 aliphatic rings. The summed E-state index contributed by atoms with van der Waals surface area (Å²) in [5.74, 6) is 0.720. The second-order valence-corrected chi connectivity index (χ2v) is 4.37. The Morgan fingerprint density at radius 1 is 1.47 bits per heavy atom. The Labute approximate surface area is 89.4 Å². The normalized spacial score (nSPS) is 14.2. The summed E-state index contributed by atoms with van der Waals surface area (Å²) in [7, 11) is 0. The van der Waals surface area contributed by atoms with Gasteiger partial charge in [0.2, 0.25) is 0 Å². The number of hydrogen-bond donors (Lipinski definition) is 1. The van der Waals surface area contributed by atoms with E-state index in [9.17, 15) is 5.11 Å². The van der Waals surface area contributed by atoms with Gasteiger partial charge in [-0.3, -0.25) is 0 Å². The number of aliphatic hydroxyl groups excluding tert-OH is 1. The second kappa shape index (κ2) is 4.72. The summed E-state index contributed by atoms with van der Waals surface area (Å²) in [5, 5.41) is 13.1. The van der Waals surface area contributed by atoms with Crippen molar-refractivity contribution in [1.82, 2.24) is 10.1 Å². The van der Waals surface area contributed by atoms with Crippen molar-refractivity contribution in [1.29, 1.82) is 0 Å². The molecule has 5 nitrogen and oxygen atoms in total. The van der Waals surface area contributed by atoms with Crippen LogP contribution in [0.4, 0.5) is 0 Å². The summed E-state index contributed by atoms with van der Waals surface area (Å²) in [6, 6.07) is 0. The van der Waals surface area contributed by atoms with Crippen LogP contribution in [0.15, 0.2) is 4.52 Å². The van der Waals surface area contributed by atoms with Gasteiger partial charge >= 0.3 is 0 Å². The SMILES string of the molecule is CCC(O)c1noc(COC(C)(C)C)n1. The zero-order valence-electron chi connectivity index (χ0n) is 9.65. The lowest BCUT2D eigenvalue weighted by Crippen LogP contribution is -2.18. The lowest BCUT2D eigenvalue weighted by Gasteiger charge is -2.17. The summed E-state index contributed by atoms with van der Waals surface area (Å²) >= 11 is 0. The number of ether oxygens (including phenoxy) is 1. The number of aromatic nitrogens is 2. The molecule has 0 amide bonds. The van der Waals surface area contributed by atoms with E-state index in [0.717, 1.165) is 0 Å². The average Bonchev–Trinajstić information content (AvgIpc) is 2.61. The molecule has 0 bridgehead atoms. The molecule has 1 N–H and O–H groups in total. The van der Waals surface area contributed by atoms with Crippen LogP contribution in [0.2, 0.25) is 0 Å². The summed E-state index contributed by atoms with van der Waals surface area (Å²) in [5.41, 5.74) is -0.238. The first-order valence-corrected chi connectivity index (χ1v) is 5.07. The molecule has 0 aliphatic heterocycles. The highest BCUT2D eigenvalue weighted by Gasteiger charge is 2.16. The highest BCUT2D eigenvalue weighted by atomic mass is 16.5. The minimum atomic E-state index is -0.655. The van der Waals surface area contributed by atoms with Crippen molar-refractivity contribution in [3.05, 3.63) is 11.7 Å². The van der Waals surface area contributed by atoms with Gasteiger partial charge in [0.05, 0.1) is 5.60 Å². The van der Waals surface area contributed by atoms with Crippen molar-refractivity contribution in [2.45, 2.75) is 52.4 Å². The van der Waals surface area contributed by atoms with Crippen molar-refractivity contribution < 1.29 is 14.4 Å². The third-order valence-electron chi connectivity index (χ3n) is 1.80. The number of rotatable bonds is 4. The van der Waals surface area contributed by atoms with Crippen LogP contribution in [0.3, 0.4) is 0 Å². The maximum absolute atomic E-state index is 9.44. The van der Waals surface area contributed by atoms with Crippen LogP contribution in [0.1, 0.15) is 51.9 Å². The average molecular weight is 214 g/mol. The van der Waals surface area contributed by atoms with Crippen LogP contribution in [0.25, 0.3) is 0 Å². The quantitative estimate of drug-likeness (QED) is 0.828. The molecule has 1 heterocycles. The molecule has 0 saturated carbocycles. The predicted octanol–water partition coefficient (Wildman–Crippen LogP) is 1.83. The third-order valence-corrected chi connectivity index (χ3v) is 1.80. The van der Waals surface area contributed by atoms with Crippen molar-refractivity contribution in [3.63, 3.8) is 0 Å². The van der Waals surface area contributed by atoms with E-state index in [0.29, 0.717) is 18.1 Å². The molecule has 15 heavy (non-hydrogen) atoms. The predicted molar refractivity (Wildman–Crippen MR) is 54.1 cm³/mol. The summed E-state index contributed by atoms with van der Waals surface area (Å²) in [6.45, 7) is 7.97. The number of hydrogen-bond acceptors (Lipinski definition) is 5. The van der Waals surface area contributed by atoms with Crippen molar-refractivity contribution in [2.24, 2.45) is 0 Å². The van der Waals surface area contributed by atoms with Crippen molar-refractivity contribution in [3.8, 4) is 0 Å². The van der Waals surface area contributed by atoms with Gasteiger partial charge in [0, 0.05) is 0 Å². The topological polar surface area (TPSA) is 68.4 Å². The highest BCUT2D eigenvalue weighted by molar-refractivity contribution is 4.89. The number of nitrogens with zero attached hydrogens (tertiary/aromatic N) is 2. The van der Waals surface area contributed by atoms with Gasteiger partial charge < -0.3 is 14.4 Å². The Kier molecular flexibility index (Phi) is 3.82. The smallest absolute Gasteiger partial charge is 0.252 e. The van der Waals surface area contributed by atoms with E-state index in [-0.39, 0.29) is 12.2 Å². The van der Waals surface area contributed by atoms with E-state index in [1.165, 1.54) is 0 Å². The van der Waals surface area contributed by atoms with Gasteiger partial charge in [0.15, 0.2) is 5.82 Å². The molecular weight excluding hydrogens is 196 g/mol. The Bertz CT molecular complexity index is 304. The van der Waals surface area contributed by atoms with Gasteiger partial charge in [-0.2, -0.15) is 4.98 Å². The second-order valence-electron chi connectivity index (χ2n) is 4.37. The Morgan fingerprint density at radius 2 is 2.13 bits per heavy atom. The Morgan fingerprint density at radius 3 is 2.67 bits per heavy atom. The molecule has 0 aliphatic carbocycles. The van der Waals surface area contributed by atoms with Crippen LogP contribution in [0.5, 0.6) is 0 Å². The molecule has 0 spiro atoms. The largest absolute Gasteiger partial charge is 0.385 e. The van der Waals surface area contributed by atoms with Crippen LogP contribution >= 0.6 is 0 Å². The fraction of sp³-hybridized carbons (Fsp3) is 0.800. The van der Waals surface area contributed by atoms with E-state index < -0.39 is 6.10 Å². The maximum atomic E-state index is 9.44. The molecule has 86 valence electrons. The first-order chi connectivity index (χ1) is 6.92. The highest BCUT2D eigenvalue weighted by Crippen LogP contribution is 2.14. The van der Waals surface area contributed by atoms with Gasteiger partial charge in [0.25, 0.3) is 5.89 Å². The van der Waals surface area contributed by atoms with E-state index in [1.54, 1.807) is 0 Å². The molecule has 0 fully saturated rings. The van der Waals surface area contributed by atoms with E-state index in [1.807, 2.05) is 27.7 Å². The molecular formula is C10H18N2O3. The fourth-order valence-corrected chi connectivity index (χ4v) is 0.923. The molecule has 1 aromatic heterocycles. The van der Waals surface area contributed by atoms with Crippen molar-refractivity contribution in [2.75, 3.05) is 0 Å². The van der Waals surface area contributed by atoms with Crippen LogP contribution in [0, 0.1) is 0 Å². The molecule has 5 heteroatoms. The minimum absolute atomic E-state index is 0.238. The lowest BCUT2D eigenvalue weighted by molar-refractivity contribution is -0.0260. The summed E-state index contributed by atoms with van der Waals surface area (Å²) < 4.78 is 10.4. The number of aliphatic hydroxyl groups is 1. The summed E-state index contributed by atoms with van der Waals surface area (Å²) in [4.78, 5) is 4.03. The van der Waals surface area contributed by atoms with Gasteiger partial charge in [-0.05, 0) is 27.2 Å². The van der Waals surface area contributed by atoms with Crippen molar-refractivity contribution >= 4 is 0 Å². The van der Waals surface area contributed by atoms with Gasteiger partial charge in [-0.1, -0.05) is 12.1 Å². The fourth-order valence-electron chi connectivity index (χ4n) is 0.923. The zero-order chi connectivity index (χ0) is 11.5. The van der Waals surface area contributed by atoms with Crippen LogP contribution in [-0.2, 0) is 11.3 Å². The minimum Gasteiger partial charge on any atom is -0.385 e. The monoisotopic (exact) mass is 214 g/mol. The van der Waals surface area contributed by atoms with Crippen LogP contribution in [-0.4, -0.2) is 20.8 Å². The third kappa shape index (κ3) is 3.97. The van der Waals surface area contributed by atoms with E-state index >= 15 is 0 Å². The van der Waals surface area contributed by atoms with Gasteiger partial charge in [-0.15, -0.1) is 0 Å². The van der Waals surface area contributed by atoms with E-state index in [4.69, 9.17) is 9.26 Å². The first-order valence-electron chi connectivity index (χ1n) is 5.07. The molecule has 1 atom stereocenters. The molecule has 1 unspecified atom stereocenters. The maximum Gasteiger partial charge on any atom is 0.252 e. The van der Waals surface area contributed by atoms with Crippen LogP contribution < -0.4 is 0 Å². The molecule has 1 rings (SSSR count). The first kappa shape index (κ1) is 12.1. The molecule has 0 radical (unpaired) electrons. The van der Waals surface area contributed by atoms with E-state index in [2.05, 4.69) is 10.1 Å². The van der Waals surface area contributed by atoms with Gasteiger partial charge in [0.1, 0.15) is 12.7 Å². The zero-order valence-corrected chi connectivity index (χ0v) is 9.65. The molecule has 0 saturated heterocycles. The molecule has 0 aromatic carbocycles. The molecule has 1 aromatic rings. The van der Waals surface area contributed by atoms with Gasteiger partial charge in [-0.25, -0.2) is 0 Å². The Balaban J connectivity index is 2.53. The standard InChI is InChI=1S/C10H18N2O3/c1-5-7(13)9-11-8(15-12-9)6-14-10(2,3)4/h7,13H,5-6H2,1-4H3. The summed E-state index contributed by atoms with van der Waals surface area (Å²) in [6.07, 6.45) is -0.0869.